The molecule has 0 amide bonds. The molecule has 3 aromatic carbocycles. The van der Waals surface area contributed by atoms with Crippen molar-refractivity contribution in [2.24, 2.45) is 0 Å². The number of hydrogen-bond donors (Lipinski definition) is 1. The van der Waals surface area contributed by atoms with Crippen LogP contribution in [0.15, 0.2) is 65.5 Å². The van der Waals surface area contributed by atoms with E-state index in [0.29, 0.717) is 27.5 Å². The second kappa shape index (κ2) is 4.74. The van der Waals surface area contributed by atoms with Gasteiger partial charge in [-0.1, -0.05) is 36.4 Å². The molecule has 4 nitrogen and oxygen atoms in total. The van der Waals surface area contributed by atoms with Crippen LogP contribution in [0, 0.1) is 0 Å². The van der Waals surface area contributed by atoms with Crippen LogP contribution in [-0.4, -0.2) is 16.6 Å². The van der Waals surface area contributed by atoms with E-state index in [-0.39, 0.29) is 33.5 Å². The van der Waals surface area contributed by atoms with E-state index in [1.807, 2.05) is 12.1 Å². The highest BCUT2D eigenvalue weighted by Gasteiger charge is 2.31. The van der Waals surface area contributed by atoms with Crippen LogP contribution in [0.1, 0.15) is 31.8 Å². The van der Waals surface area contributed by atoms with E-state index in [0.717, 1.165) is 0 Å². The normalized spacial score (nSPS) is 13.1. The van der Waals surface area contributed by atoms with E-state index < -0.39 is 0 Å². The zero-order valence-corrected chi connectivity index (χ0v) is 13.0. The summed E-state index contributed by atoms with van der Waals surface area (Å²) >= 11 is 0. The Morgan fingerprint density at radius 2 is 1.28 bits per heavy atom. The lowest BCUT2D eigenvalue weighted by atomic mass is 9.82. The van der Waals surface area contributed by atoms with Crippen LogP contribution in [0.2, 0.25) is 0 Å². The van der Waals surface area contributed by atoms with Crippen LogP contribution in [-0.2, 0) is 0 Å². The average Bonchev–Trinajstić information content (AvgIpc) is 2.65. The Kier molecular flexibility index (Phi) is 2.63. The van der Waals surface area contributed by atoms with Crippen molar-refractivity contribution < 1.29 is 9.59 Å². The van der Waals surface area contributed by atoms with Crippen molar-refractivity contribution in [3.8, 4) is 0 Å². The minimum Gasteiger partial charge on any atom is -0.354 e. The van der Waals surface area contributed by atoms with Crippen molar-refractivity contribution in [1.29, 1.82) is 0 Å². The highest BCUT2D eigenvalue weighted by atomic mass is 16.1. The molecule has 0 unspecified atom stereocenters. The molecule has 1 aliphatic carbocycles. The van der Waals surface area contributed by atoms with Gasteiger partial charge in [0.1, 0.15) is 0 Å². The van der Waals surface area contributed by atoms with Crippen molar-refractivity contribution in [2.45, 2.75) is 0 Å². The maximum atomic E-state index is 13.1. The van der Waals surface area contributed by atoms with Gasteiger partial charge in [-0.25, -0.2) is 0 Å². The molecule has 0 bridgehead atoms. The molecule has 25 heavy (non-hydrogen) atoms. The Labute approximate surface area is 141 Å². The minimum absolute atomic E-state index is 0.202. The topological polar surface area (TPSA) is 67.0 Å². The predicted molar refractivity (Wildman–Crippen MR) is 95.4 cm³/mol. The van der Waals surface area contributed by atoms with Gasteiger partial charge in [0, 0.05) is 33.2 Å². The van der Waals surface area contributed by atoms with Crippen LogP contribution in [0.4, 0.5) is 0 Å². The molecule has 1 aliphatic rings. The SMILES string of the molecule is O=C1c2ccccc2C(=O)c2c1ccc1[nH]c3ccccc3c(=O)c21. The Morgan fingerprint density at radius 3 is 2.08 bits per heavy atom. The Morgan fingerprint density at radius 1 is 0.600 bits per heavy atom. The fourth-order valence-electron chi connectivity index (χ4n) is 3.60. The van der Waals surface area contributed by atoms with E-state index in [1.54, 1.807) is 48.5 Å². The molecule has 0 saturated carbocycles. The number of H-pyrrole nitrogens is 1. The van der Waals surface area contributed by atoms with Gasteiger partial charge < -0.3 is 4.98 Å². The number of aromatic nitrogens is 1. The molecule has 1 aromatic heterocycles. The lowest BCUT2D eigenvalue weighted by Crippen LogP contribution is -2.23. The molecule has 1 heterocycles. The molecule has 0 aliphatic heterocycles. The molecule has 0 radical (unpaired) electrons. The van der Waals surface area contributed by atoms with E-state index in [1.165, 1.54) is 0 Å². The summed E-state index contributed by atoms with van der Waals surface area (Å²) in [4.78, 5) is 42.1. The molecule has 118 valence electrons. The highest BCUT2D eigenvalue weighted by molar-refractivity contribution is 6.32. The molecule has 4 aromatic rings. The van der Waals surface area contributed by atoms with Crippen molar-refractivity contribution in [3.63, 3.8) is 0 Å². The molecule has 0 spiro atoms. The number of carbonyl (C=O) groups excluding carboxylic acids is 2. The van der Waals surface area contributed by atoms with Crippen molar-refractivity contribution >= 4 is 33.4 Å². The molecular weight excluding hydrogens is 314 g/mol. The number of aromatic amines is 1. The molecular formula is C21H11NO3. The number of pyridine rings is 1. The Bertz CT molecular complexity index is 1300. The van der Waals surface area contributed by atoms with E-state index in [9.17, 15) is 14.4 Å². The van der Waals surface area contributed by atoms with Crippen molar-refractivity contribution in [3.05, 3.63) is 93.1 Å². The highest BCUT2D eigenvalue weighted by Crippen LogP contribution is 2.31. The van der Waals surface area contributed by atoms with Crippen LogP contribution in [0.3, 0.4) is 0 Å². The van der Waals surface area contributed by atoms with Gasteiger partial charge in [0.15, 0.2) is 17.0 Å². The quantitative estimate of drug-likeness (QED) is 0.443. The van der Waals surface area contributed by atoms with Gasteiger partial charge in [0.2, 0.25) is 0 Å². The maximum Gasteiger partial charge on any atom is 0.197 e. The zero-order chi connectivity index (χ0) is 17.1. The summed E-state index contributed by atoms with van der Waals surface area (Å²) < 4.78 is 0. The standard InChI is InChI=1S/C21H11NO3/c23-19-11-5-1-2-6-12(11)20(24)17-14(19)9-10-16-18(17)21(25)13-7-3-4-8-15(13)22-16/h1-10H,(H,22,25). The lowest BCUT2D eigenvalue weighted by Gasteiger charge is -2.18. The fourth-order valence-corrected chi connectivity index (χ4v) is 3.60. The lowest BCUT2D eigenvalue weighted by molar-refractivity contribution is 0.0980. The summed E-state index contributed by atoms with van der Waals surface area (Å²) in [6.45, 7) is 0. The third kappa shape index (κ3) is 1.73. The van der Waals surface area contributed by atoms with E-state index >= 15 is 0 Å². The van der Waals surface area contributed by atoms with Crippen LogP contribution < -0.4 is 5.43 Å². The zero-order valence-electron chi connectivity index (χ0n) is 13.0. The molecule has 1 N–H and O–H groups in total. The van der Waals surface area contributed by atoms with E-state index in [2.05, 4.69) is 4.98 Å². The van der Waals surface area contributed by atoms with E-state index in [4.69, 9.17) is 0 Å². The summed E-state index contributed by atoms with van der Waals surface area (Å²) in [6, 6.07) is 17.2. The number of para-hydroxylation sites is 1. The van der Waals surface area contributed by atoms with Crippen molar-refractivity contribution in [1.82, 2.24) is 4.98 Å². The second-order valence-corrected chi connectivity index (χ2v) is 6.11. The van der Waals surface area contributed by atoms with Gasteiger partial charge in [-0.2, -0.15) is 0 Å². The summed E-state index contributed by atoms with van der Waals surface area (Å²) in [5, 5.41) is 0.784. The first-order chi connectivity index (χ1) is 12.2. The summed E-state index contributed by atoms with van der Waals surface area (Å²) in [7, 11) is 0. The number of nitrogens with one attached hydrogen (secondary N) is 1. The summed E-state index contributed by atoms with van der Waals surface area (Å²) in [6.07, 6.45) is 0. The Hall–Kier alpha value is -3.53. The first-order valence-electron chi connectivity index (χ1n) is 7.93. The molecule has 0 saturated heterocycles. The van der Waals surface area contributed by atoms with Gasteiger partial charge in [0.05, 0.1) is 10.9 Å². The summed E-state index contributed by atoms with van der Waals surface area (Å²) in [5.74, 6) is -0.503. The number of ketones is 2. The number of hydrogen-bond acceptors (Lipinski definition) is 3. The average molecular weight is 325 g/mol. The number of rotatable bonds is 0. The summed E-state index contributed by atoms with van der Waals surface area (Å²) in [5.41, 5.74) is 2.25. The van der Waals surface area contributed by atoms with Crippen LogP contribution in [0.5, 0.6) is 0 Å². The van der Waals surface area contributed by atoms with Crippen molar-refractivity contribution in [2.75, 3.05) is 0 Å². The monoisotopic (exact) mass is 325 g/mol. The maximum absolute atomic E-state index is 13.1. The molecule has 5 rings (SSSR count). The Balaban J connectivity index is 1.98. The van der Waals surface area contributed by atoms with Crippen LogP contribution in [0.25, 0.3) is 21.8 Å². The molecule has 0 fully saturated rings. The first-order valence-corrected chi connectivity index (χ1v) is 7.93. The molecule has 4 heteroatoms. The third-order valence-corrected chi connectivity index (χ3v) is 4.76. The largest absolute Gasteiger partial charge is 0.354 e. The number of carbonyl (C=O) groups is 2. The minimum atomic E-state index is -0.281. The van der Waals surface area contributed by atoms with Gasteiger partial charge in [0.25, 0.3) is 0 Å². The third-order valence-electron chi connectivity index (χ3n) is 4.76. The number of benzene rings is 3. The van der Waals surface area contributed by atoms with Gasteiger partial charge in [-0.15, -0.1) is 0 Å². The smallest absolute Gasteiger partial charge is 0.197 e. The van der Waals surface area contributed by atoms with Crippen LogP contribution >= 0.6 is 0 Å². The fraction of sp³-hybridized carbons (Fsp3) is 0. The predicted octanol–water partition coefficient (Wildman–Crippen LogP) is 3.46. The van der Waals surface area contributed by atoms with Gasteiger partial charge >= 0.3 is 0 Å². The van der Waals surface area contributed by atoms with Gasteiger partial charge in [-0.3, -0.25) is 14.4 Å². The first kappa shape index (κ1) is 13.9. The molecule has 0 atom stereocenters. The van der Waals surface area contributed by atoms with Gasteiger partial charge in [-0.05, 0) is 24.3 Å². The number of fused-ring (bicyclic) bond motifs is 5. The second-order valence-electron chi connectivity index (χ2n) is 6.11.